The van der Waals surface area contributed by atoms with Crippen LogP contribution in [0, 0.1) is 0 Å². The third-order valence-corrected chi connectivity index (χ3v) is 4.60. The number of hydrogen-bond donors (Lipinski definition) is 1. The smallest absolute Gasteiger partial charge is 0.248 e. The topological polar surface area (TPSA) is 68.0 Å². The summed E-state index contributed by atoms with van der Waals surface area (Å²) >= 11 is 3.24. The standard InChI is InChI=1S/C16H15N3O2S2/c1-22-13-4-2-12(3-5-13)17-14(20)6-7-15-18-19-16(21-15)11-8-9-23-10-11/h2-5,8-10H,6-7H2,1H3,(H,17,20). The summed E-state index contributed by atoms with van der Waals surface area (Å²) in [5.41, 5.74) is 1.70. The van der Waals surface area contributed by atoms with Crippen LogP contribution in [-0.4, -0.2) is 22.4 Å². The summed E-state index contributed by atoms with van der Waals surface area (Å²) < 4.78 is 5.56. The Hall–Kier alpha value is -2.12. The average molecular weight is 345 g/mol. The van der Waals surface area contributed by atoms with Gasteiger partial charge >= 0.3 is 0 Å². The first-order valence-electron chi connectivity index (χ1n) is 7.03. The molecule has 0 unspecified atom stereocenters. The highest BCUT2D eigenvalue weighted by Crippen LogP contribution is 2.21. The molecule has 0 radical (unpaired) electrons. The number of aryl methyl sites for hydroxylation is 1. The lowest BCUT2D eigenvalue weighted by Gasteiger charge is -2.04. The maximum atomic E-state index is 12.0. The molecule has 2 heterocycles. The lowest BCUT2D eigenvalue weighted by Crippen LogP contribution is -2.12. The highest BCUT2D eigenvalue weighted by atomic mass is 32.2. The van der Waals surface area contributed by atoms with Gasteiger partial charge in [-0.25, -0.2) is 0 Å². The molecule has 0 atom stereocenters. The number of amides is 1. The molecule has 0 spiro atoms. The van der Waals surface area contributed by atoms with E-state index in [1.54, 1.807) is 23.1 Å². The molecule has 7 heteroatoms. The quantitative estimate of drug-likeness (QED) is 0.682. The number of nitrogens with one attached hydrogen (secondary N) is 1. The minimum atomic E-state index is -0.0721. The van der Waals surface area contributed by atoms with Crippen molar-refractivity contribution in [1.29, 1.82) is 0 Å². The molecule has 5 nitrogen and oxygen atoms in total. The van der Waals surface area contributed by atoms with Gasteiger partial charge in [-0.3, -0.25) is 4.79 Å². The van der Waals surface area contributed by atoms with E-state index >= 15 is 0 Å². The molecule has 1 aromatic carbocycles. The maximum Gasteiger partial charge on any atom is 0.248 e. The zero-order valence-corrected chi connectivity index (χ0v) is 14.1. The monoisotopic (exact) mass is 345 g/mol. The normalized spacial score (nSPS) is 10.7. The number of hydrogen-bond acceptors (Lipinski definition) is 6. The van der Waals surface area contributed by atoms with Crippen molar-refractivity contribution in [3.05, 3.63) is 47.0 Å². The SMILES string of the molecule is CSc1ccc(NC(=O)CCc2nnc(-c3ccsc3)o2)cc1. The number of nitrogens with zero attached hydrogens (tertiary/aromatic N) is 2. The Morgan fingerprint density at radius 2 is 2.09 bits per heavy atom. The van der Waals surface area contributed by atoms with E-state index in [1.807, 2.05) is 47.3 Å². The van der Waals surface area contributed by atoms with Gasteiger partial charge in [-0.15, -0.1) is 22.0 Å². The third kappa shape index (κ3) is 4.20. The molecular weight excluding hydrogens is 330 g/mol. The summed E-state index contributed by atoms with van der Waals surface area (Å²) in [5.74, 6) is 0.894. The van der Waals surface area contributed by atoms with Crippen LogP contribution in [0.5, 0.6) is 0 Å². The third-order valence-electron chi connectivity index (χ3n) is 3.17. The van der Waals surface area contributed by atoms with Crippen molar-refractivity contribution in [3.8, 4) is 11.5 Å². The molecule has 118 valence electrons. The molecule has 1 N–H and O–H groups in total. The second-order valence-electron chi connectivity index (χ2n) is 4.79. The molecule has 0 fully saturated rings. The van der Waals surface area contributed by atoms with E-state index in [0.717, 1.165) is 16.1 Å². The predicted octanol–water partition coefficient (Wildman–Crippen LogP) is 4.09. The van der Waals surface area contributed by atoms with Crippen LogP contribution in [0.4, 0.5) is 5.69 Å². The van der Waals surface area contributed by atoms with Crippen LogP contribution < -0.4 is 5.32 Å². The fourth-order valence-corrected chi connectivity index (χ4v) is 3.01. The molecule has 0 aliphatic heterocycles. The molecule has 0 saturated heterocycles. The van der Waals surface area contributed by atoms with Crippen LogP contribution in [0.15, 0.2) is 50.4 Å². The van der Waals surface area contributed by atoms with Crippen LogP contribution in [0.2, 0.25) is 0 Å². The first kappa shape index (κ1) is 15.8. The number of carbonyl (C=O) groups is 1. The van der Waals surface area contributed by atoms with Gasteiger partial charge in [-0.05, 0) is 42.0 Å². The van der Waals surface area contributed by atoms with Crippen molar-refractivity contribution in [3.63, 3.8) is 0 Å². The van der Waals surface area contributed by atoms with E-state index in [1.165, 1.54) is 0 Å². The van der Waals surface area contributed by atoms with E-state index in [-0.39, 0.29) is 5.91 Å². The van der Waals surface area contributed by atoms with Gasteiger partial charge < -0.3 is 9.73 Å². The van der Waals surface area contributed by atoms with Crippen molar-refractivity contribution < 1.29 is 9.21 Å². The fourth-order valence-electron chi connectivity index (χ4n) is 1.98. The van der Waals surface area contributed by atoms with Crippen molar-refractivity contribution in [2.24, 2.45) is 0 Å². The molecule has 0 aliphatic carbocycles. The highest BCUT2D eigenvalue weighted by Gasteiger charge is 2.11. The van der Waals surface area contributed by atoms with Gasteiger partial charge in [0.2, 0.25) is 17.7 Å². The fraction of sp³-hybridized carbons (Fsp3) is 0.188. The Labute approximate surface area is 142 Å². The lowest BCUT2D eigenvalue weighted by molar-refractivity contribution is -0.116. The van der Waals surface area contributed by atoms with E-state index in [0.29, 0.717) is 24.6 Å². The van der Waals surface area contributed by atoms with Crippen molar-refractivity contribution >= 4 is 34.7 Å². The van der Waals surface area contributed by atoms with E-state index < -0.39 is 0 Å². The maximum absolute atomic E-state index is 12.0. The highest BCUT2D eigenvalue weighted by molar-refractivity contribution is 7.98. The summed E-state index contributed by atoms with van der Waals surface area (Å²) in [6.07, 6.45) is 2.74. The first-order chi connectivity index (χ1) is 11.2. The summed E-state index contributed by atoms with van der Waals surface area (Å²) in [6.45, 7) is 0. The largest absolute Gasteiger partial charge is 0.421 e. The lowest BCUT2D eigenvalue weighted by atomic mass is 10.2. The van der Waals surface area contributed by atoms with Crippen molar-refractivity contribution in [1.82, 2.24) is 10.2 Å². The van der Waals surface area contributed by atoms with Crippen molar-refractivity contribution in [2.75, 3.05) is 11.6 Å². The van der Waals surface area contributed by atoms with Gasteiger partial charge in [0.25, 0.3) is 0 Å². The molecule has 2 aromatic heterocycles. The minimum Gasteiger partial charge on any atom is -0.421 e. The van der Waals surface area contributed by atoms with Gasteiger partial charge in [-0.1, -0.05) is 0 Å². The zero-order valence-electron chi connectivity index (χ0n) is 12.5. The summed E-state index contributed by atoms with van der Waals surface area (Å²) in [5, 5.41) is 14.7. The molecule has 0 saturated carbocycles. The molecule has 3 rings (SSSR count). The Kier molecular flexibility index (Phi) is 5.09. The summed E-state index contributed by atoms with van der Waals surface area (Å²) in [4.78, 5) is 13.1. The number of thioether (sulfide) groups is 1. The van der Waals surface area contributed by atoms with Gasteiger partial charge in [0.1, 0.15) is 0 Å². The minimum absolute atomic E-state index is 0.0721. The molecule has 23 heavy (non-hydrogen) atoms. The van der Waals surface area contributed by atoms with Gasteiger partial charge in [0, 0.05) is 34.4 Å². The zero-order chi connectivity index (χ0) is 16.1. The van der Waals surface area contributed by atoms with Gasteiger partial charge in [0.15, 0.2) is 0 Å². The molecular formula is C16H15N3O2S2. The molecule has 0 aliphatic rings. The second-order valence-corrected chi connectivity index (χ2v) is 6.45. The number of anilines is 1. The summed E-state index contributed by atoms with van der Waals surface area (Å²) in [7, 11) is 0. The molecule has 3 aromatic rings. The second kappa shape index (κ2) is 7.43. The first-order valence-corrected chi connectivity index (χ1v) is 9.20. The van der Waals surface area contributed by atoms with Crippen molar-refractivity contribution in [2.45, 2.75) is 17.7 Å². The van der Waals surface area contributed by atoms with Crippen LogP contribution in [0.25, 0.3) is 11.5 Å². The number of benzene rings is 1. The Bertz CT molecular complexity index is 767. The average Bonchev–Trinajstić information content (AvgIpc) is 3.25. The number of rotatable bonds is 6. The Balaban J connectivity index is 1.52. The summed E-state index contributed by atoms with van der Waals surface area (Å²) in [6, 6.07) is 9.67. The number of carbonyl (C=O) groups excluding carboxylic acids is 1. The van der Waals surface area contributed by atoms with Crippen LogP contribution in [0.1, 0.15) is 12.3 Å². The van der Waals surface area contributed by atoms with Crippen LogP contribution in [-0.2, 0) is 11.2 Å². The number of aromatic nitrogens is 2. The van der Waals surface area contributed by atoms with Gasteiger partial charge in [-0.2, -0.15) is 11.3 Å². The number of thiophene rings is 1. The van der Waals surface area contributed by atoms with E-state index in [9.17, 15) is 4.79 Å². The van der Waals surface area contributed by atoms with E-state index in [4.69, 9.17) is 4.42 Å². The molecule has 0 bridgehead atoms. The van der Waals surface area contributed by atoms with E-state index in [2.05, 4.69) is 15.5 Å². The Morgan fingerprint density at radius 3 is 2.78 bits per heavy atom. The Morgan fingerprint density at radius 1 is 1.26 bits per heavy atom. The van der Waals surface area contributed by atoms with Crippen LogP contribution in [0.3, 0.4) is 0 Å². The molecule has 1 amide bonds. The van der Waals surface area contributed by atoms with Gasteiger partial charge in [0.05, 0.1) is 0 Å². The van der Waals surface area contributed by atoms with Crippen LogP contribution >= 0.6 is 23.1 Å². The predicted molar refractivity (Wildman–Crippen MR) is 92.8 cm³/mol.